The van der Waals surface area contributed by atoms with Crippen molar-refractivity contribution in [1.82, 2.24) is 9.78 Å². The predicted octanol–water partition coefficient (Wildman–Crippen LogP) is 3.08. The number of rotatable bonds is 1. The molecule has 96 valence electrons. The zero-order valence-electron chi connectivity index (χ0n) is 11.7. The maximum absolute atomic E-state index is 12.1. The van der Waals surface area contributed by atoms with Gasteiger partial charge >= 0.3 is 0 Å². The summed E-state index contributed by atoms with van der Waals surface area (Å²) in [5.41, 5.74) is 3.87. The molecule has 0 saturated heterocycles. The summed E-state index contributed by atoms with van der Waals surface area (Å²) in [6.45, 7) is 10.2. The summed E-state index contributed by atoms with van der Waals surface area (Å²) in [7, 11) is 0. The van der Waals surface area contributed by atoms with Gasteiger partial charge in [0.05, 0.1) is 5.69 Å². The van der Waals surface area contributed by atoms with Gasteiger partial charge in [0.15, 0.2) is 0 Å². The van der Waals surface area contributed by atoms with Gasteiger partial charge in [-0.05, 0) is 37.0 Å². The maximum atomic E-state index is 12.1. The lowest BCUT2D eigenvalue weighted by molar-refractivity contribution is 0.581. The van der Waals surface area contributed by atoms with E-state index >= 15 is 0 Å². The molecule has 1 heterocycles. The molecule has 0 spiro atoms. The number of aromatic nitrogens is 2. The van der Waals surface area contributed by atoms with Crippen LogP contribution in [0.25, 0.3) is 5.69 Å². The fourth-order valence-electron chi connectivity index (χ4n) is 2.43. The van der Waals surface area contributed by atoms with Crippen molar-refractivity contribution in [3.63, 3.8) is 0 Å². The van der Waals surface area contributed by atoms with Crippen molar-refractivity contribution in [2.75, 3.05) is 0 Å². The molecule has 0 aliphatic carbocycles. The fraction of sp³-hybridized carbons (Fsp3) is 0.400. The van der Waals surface area contributed by atoms with Crippen LogP contribution in [0.3, 0.4) is 0 Å². The minimum Gasteiger partial charge on any atom is -0.268 e. The number of aromatic amines is 1. The number of benzene rings is 1. The molecule has 0 aliphatic heterocycles. The van der Waals surface area contributed by atoms with Crippen molar-refractivity contribution in [3.8, 4) is 5.69 Å². The van der Waals surface area contributed by atoms with Crippen LogP contribution in [0.15, 0.2) is 29.1 Å². The van der Waals surface area contributed by atoms with Gasteiger partial charge < -0.3 is 0 Å². The van der Waals surface area contributed by atoms with Crippen LogP contribution in [0.1, 0.15) is 37.6 Å². The number of aryl methyl sites for hydroxylation is 1. The highest BCUT2D eigenvalue weighted by Crippen LogP contribution is 2.23. The molecular weight excluding hydrogens is 224 g/mol. The van der Waals surface area contributed by atoms with Crippen LogP contribution >= 0.6 is 0 Å². The molecule has 0 bridgehead atoms. The van der Waals surface area contributed by atoms with Crippen molar-refractivity contribution >= 4 is 0 Å². The van der Waals surface area contributed by atoms with Crippen LogP contribution in [-0.4, -0.2) is 9.78 Å². The quantitative estimate of drug-likeness (QED) is 0.822. The standard InChI is InChI=1S/C15H20N2O/c1-10-7-6-8-12(9-10)17-11(2)13(14(18)16-17)15(3,4)5/h6-9H,1-5H3,(H,16,18). The van der Waals surface area contributed by atoms with Gasteiger partial charge in [-0.1, -0.05) is 32.9 Å². The summed E-state index contributed by atoms with van der Waals surface area (Å²) in [6, 6.07) is 8.11. The van der Waals surface area contributed by atoms with E-state index < -0.39 is 0 Å². The molecule has 0 unspecified atom stereocenters. The first-order valence-corrected chi connectivity index (χ1v) is 6.20. The Kier molecular flexibility index (Phi) is 2.93. The fourth-order valence-corrected chi connectivity index (χ4v) is 2.43. The second kappa shape index (κ2) is 4.16. The Morgan fingerprint density at radius 2 is 1.83 bits per heavy atom. The summed E-state index contributed by atoms with van der Waals surface area (Å²) in [4.78, 5) is 12.1. The molecule has 0 saturated carbocycles. The molecule has 3 nitrogen and oxygen atoms in total. The minimum absolute atomic E-state index is 0.00139. The maximum Gasteiger partial charge on any atom is 0.268 e. The van der Waals surface area contributed by atoms with Gasteiger partial charge in [0.25, 0.3) is 5.56 Å². The molecule has 3 heteroatoms. The zero-order valence-corrected chi connectivity index (χ0v) is 11.7. The van der Waals surface area contributed by atoms with Crippen molar-refractivity contribution < 1.29 is 0 Å². The molecule has 2 aromatic rings. The Balaban J connectivity index is 2.65. The Labute approximate surface area is 107 Å². The first kappa shape index (κ1) is 12.7. The average molecular weight is 244 g/mol. The highest BCUT2D eigenvalue weighted by molar-refractivity contribution is 5.38. The molecular formula is C15H20N2O. The van der Waals surface area contributed by atoms with Crippen LogP contribution < -0.4 is 5.56 Å². The number of nitrogens with zero attached hydrogens (tertiary/aromatic N) is 1. The van der Waals surface area contributed by atoms with Gasteiger partial charge in [0.1, 0.15) is 0 Å². The summed E-state index contributed by atoms with van der Waals surface area (Å²) >= 11 is 0. The predicted molar refractivity (Wildman–Crippen MR) is 74.6 cm³/mol. The zero-order chi connectivity index (χ0) is 13.5. The summed E-state index contributed by atoms with van der Waals surface area (Å²) in [5.74, 6) is 0. The summed E-state index contributed by atoms with van der Waals surface area (Å²) in [5, 5.41) is 2.92. The minimum atomic E-state index is -0.146. The second-order valence-corrected chi connectivity index (χ2v) is 5.83. The van der Waals surface area contributed by atoms with Gasteiger partial charge in [-0.25, -0.2) is 0 Å². The van der Waals surface area contributed by atoms with Crippen molar-refractivity contribution in [3.05, 3.63) is 51.4 Å². The van der Waals surface area contributed by atoms with Crippen molar-refractivity contribution in [2.45, 2.75) is 40.0 Å². The molecule has 0 fully saturated rings. The Hall–Kier alpha value is -1.77. The molecule has 1 N–H and O–H groups in total. The Morgan fingerprint density at radius 3 is 2.33 bits per heavy atom. The number of H-pyrrole nitrogens is 1. The lowest BCUT2D eigenvalue weighted by atomic mass is 9.87. The molecule has 1 aromatic carbocycles. The molecule has 0 atom stereocenters. The van der Waals surface area contributed by atoms with Crippen LogP contribution in [-0.2, 0) is 5.41 Å². The van der Waals surface area contributed by atoms with Gasteiger partial charge in [0.2, 0.25) is 0 Å². The molecule has 0 amide bonds. The van der Waals surface area contributed by atoms with Gasteiger partial charge in [0, 0.05) is 11.3 Å². The van der Waals surface area contributed by atoms with Gasteiger partial charge in [-0.2, -0.15) is 0 Å². The normalized spacial score (nSPS) is 11.8. The van der Waals surface area contributed by atoms with E-state index in [1.54, 1.807) is 0 Å². The van der Waals surface area contributed by atoms with E-state index in [-0.39, 0.29) is 11.0 Å². The van der Waals surface area contributed by atoms with Gasteiger partial charge in [-0.3, -0.25) is 14.6 Å². The highest BCUT2D eigenvalue weighted by Gasteiger charge is 2.23. The highest BCUT2D eigenvalue weighted by atomic mass is 16.1. The van der Waals surface area contributed by atoms with Crippen LogP contribution in [0.5, 0.6) is 0 Å². The van der Waals surface area contributed by atoms with Crippen LogP contribution in [0.4, 0.5) is 0 Å². The Morgan fingerprint density at radius 1 is 1.17 bits per heavy atom. The van der Waals surface area contributed by atoms with Crippen LogP contribution in [0, 0.1) is 13.8 Å². The Bertz CT molecular complexity index is 627. The lowest BCUT2D eigenvalue weighted by Gasteiger charge is -2.17. The summed E-state index contributed by atoms with van der Waals surface area (Å²) in [6.07, 6.45) is 0. The molecule has 0 aliphatic rings. The number of nitrogens with one attached hydrogen (secondary N) is 1. The first-order chi connectivity index (χ1) is 8.30. The topological polar surface area (TPSA) is 37.8 Å². The number of hydrogen-bond donors (Lipinski definition) is 1. The van der Waals surface area contributed by atoms with E-state index in [2.05, 4.69) is 31.9 Å². The largest absolute Gasteiger partial charge is 0.268 e. The molecule has 18 heavy (non-hydrogen) atoms. The second-order valence-electron chi connectivity index (χ2n) is 5.83. The monoisotopic (exact) mass is 244 g/mol. The van der Waals surface area contributed by atoms with E-state index in [1.165, 1.54) is 5.56 Å². The smallest absolute Gasteiger partial charge is 0.268 e. The van der Waals surface area contributed by atoms with E-state index in [9.17, 15) is 4.79 Å². The third kappa shape index (κ3) is 2.13. The van der Waals surface area contributed by atoms with Crippen molar-refractivity contribution in [2.24, 2.45) is 0 Å². The van der Waals surface area contributed by atoms with Crippen LogP contribution in [0.2, 0.25) is 0 Å². The average Bonchev–Trinajstić information content (AvgIpc) is 2.53. The van der Waals surface area contributed by atoms with Crippen molar-refractivity contribution in [1.29, 1.82) is 0 Å². The number of hydrogen-bond acceptors (Lipinski definition) is 1. The van der Waals surface area contributed by atoms with Gasteiger partial charge in [-0.15, -0.1) is 0 Å². The lowest BCUT2D eigenvalue weighted by Crippen LogP contribution is -2.21. The van der Waals surface area contributed by atoms with E-state index in [0.29, 0.717) is 0 Å². The third-order valence-corrected chi connectivity index (χ3v) is 3.15. The SMILES string of the molecule is Cc1cccc(-n2[nH]c(=O)c(C(C)(C)C)c2C)c1. The molecule has 0 radical (unpaired) electrons. The summed E-state index contributed by atoms with van der Waals surface area (Å²) < 4.78 is 1.87. The third-order valence-electron chi connectivity index (χ3n) is 3.15. The molecule has 1 aromatic heterocycles. The van der Waals surface area contributed by atoms with E-state index in [1.807, 2.05) is 36.7 Å². The molecule has 2 rings (SSSR count). The first-order valence-electron chi connectivity index (χ1n) is 6.20. The van der Waals surface area contributed by atoms with E-state index in [4.69, 9.17) is 0 Å². The van der Waals surface area contributed by atoms with E-state index in [0.717, 1.165) is 16.9 Å².